The van der Waals surface area contributed by atoms with Crippen LogP contribution in [0.5, 0.6) is 5.75 Å². The second kappa shape index (κ2) is 5.69. The molecule has 0 spiro atoms. The summed E-state index contributed by atoms with van der Waals surface area (Å²) in [4.78, 5) is -0.526. The second-order valence-corrected chi connectivity index (χ2v) is 9.11. The lowest BCUT2D eigenvalue weighted by Gasteiger charge is -2.29. The molecule has 0 radical (unpaired) electrons. The fourth-order valence-electron chi connectivity index (χ4n) is 1.48. The summed E-state index contributed by atoms with van der Waals surface area (Å²) >= 11 is 6.49. The minimum Gasteiger partial charge on any atom is -0.496 e. The van der Waals surface area contributed by atoms with Gasteiger partial charge in [0.05, 0.1) is 21.2 Å². The van der Waals surface area contributed by atoms with Crippen LogP contribution in [0, 0.1) is 5.82 Å². The highest BCUT2D eigenvalue weighted by Crippen LogP contribution is 2.44. The Morgan fingerprint density at radius 3 is 2.32 bits per heavy atom. The van der Waals surface area contributed by atoms with E-state index in [1.807, 2.05) is 0 Å². The van der Waals surface area contributed by atoms with Gasteiger partial charge in [0.25, 0.3) is 0 Å². The highest BCUT2D eigenvalue weighted by Gasteiger charge is 2.40. The van der Waals surface area contributed by atoms with Crippen molar-refractivity contribution in [3.05, 3.63) is 28.0 Å². The van der Waals surface area contributed by atoms with Crippen molar-refractivity contribution in [2.45, 2.75) is 23.4 Å². The Hall–Kier alpha value is -0.140. The lowest BCUT2D eigenvalue weighted by atomic mass is 10.0. The molecule has 19 heavy (non-hydrogen) atoms. The van der Waals surface area contributed by atoms with Gasteiger partial charge in [-0.3, -0.25) is 0 Å². The van der Waals surface area contributed by atoms with Crippen LogP contribution in [0.15, 0.2) is 16.6 Å². The molecule has 0 saturated heterocycles. The van der Waals surface area contributed by atoms with Gasteiger partial charge in [-0.15, -0.1) is 0 Å². The third kappa shape index (κ3) is 3.31. The average Bonchev–Trinajstić information content (AvgIpc) is 2.29. The molecule has 1 atom stereocenters. The van der Waals surface area contributed by atoms with E-state index >= 15 is 0 Å². The molecule has 1 unspecified atom stereocenters. The monoisotopic (exact) mass is 416 g/mol. The van der Waals surface area contributed by atoms with Gasteiger partial charge < -0.3 is 4.74 Å². The summed E-state index contributed by atoms with van der Waals surface area (Å²) in [6, 6.07) is 2.76. The molecule has 0 N–H and O–H groups in total. The molecule has 7 heteroatoms. The van der Waals surface area contributed by atoms with Crippen LogP contribution in [-0.2, 0) is 9.84 Å². The van der Waals surface area contributed by atoms with Gasteiger partial charge in [-0.1, -0.05) is 15.9 Å². The Labute approximate surface area is 129 Å². The summed E-state index contributed by atoms with van der Waals surface area (Å²) in [6.45, 7) is 3.22. The van der Waals surface area contributed by atoms with Crippen LogP contribution in [0.2, 0.25) is 0 Å². The van der Waals surface area contributed by atoms with Crippen LogP contribution in [0.3, 0.4) is 0 Å². The number of ether oxygens (including phenoxy) is 1. The Balaban J connectivity index is 3.42. The molecule has 3 nitrogen and oxygen atoms in total. The molecule has 0 amide bonds. The first kappa shape index (κ1) is 16.9. The molecule has 1 aromatic carbocycles. The Morgan fingerprint density at radius 1 is 1.37 bits per heavy atom. The standard InChI is InChI=1S/C12H15Br2FO3S/c1-12(2,19(4,16)17)11(14)7-5-8(13)9(15)6-10(7)18-3/h5-6,11H,1-4H3. The molecule has 0 aromatic heterocycles. The smallest absolute Gasteiger partial charge is 0.154 e. The number of hydrogen-bond acceptors (Lipinski definition) is 3. The van der Waals surface area contributed by atoms with Crippen LogP contribution >= 0.6 is 31.9 Å². The Kier molecular flexibility index (Phi) is 5.07. The first-order valence-electron chi connectivity index (χ1n) is 5.39. The van der Waals surface area contributed by atoms with Crippen molar-refractivity contribution in [3.63, 3.8) is 0 Å². The summed E-state index contributed by atoms with van der Waals surface area (Å²) in [5.74, 6) is -0.156. The van der Waals surface area contributed by atoms with Gasteiger partial charge in [-0.05, 0) is 35.8 Å². The number of methoxy groups -OCH3 is 1. The minimum absolute atomic E-state index is 0.261. The molecule has 0 heterocycles. The maximum Gasteiger partial charge on any atom is 0.154 e. The van der Waals surface area contributed by atoms with Gasteiger partial charge in [-0.25, -0.2) is 12.8 Å². The summed E-state index contributed by atoms with van der Waals surface area (Å²) in [7, 11) is -1.89. The zero-order chi connectivity index (χ0) is 15.0. The molecular formula is C12H15Br2FO3S. The van der Waals surface area contributed by atoms with Gasteiger partial charge in [0.15, 0.2) is 9.84 Å². The first-order valence-corrected chi connectivity index (χ1v) is 8.99. The molecule has 0 aliphatic heterocycles. The van der Waals surface area contributed by atoms with E-state index in [0.717, 1.165) is 0 Å². The molecule has 1 aromatic rings. The Bertz CT molecular complexity index is 585. The highest BCUT2D eigenvalue weighted by molar-refractivity contribution is 9.10. The molecule has 0 fully saturated rings. The fraction of sp³-hybridized carbons (Fsp3) is 0.500. The maximum absolute atomic E-state index is 13.5. The molecule has 108 valence electrons. The quantitative estimate of drug-likeness (QED) is 0.698. The second-order valence-electron chi connectivity index (χ2n) is 4.75. The third-order valence-corrected chi connectivity index (χ3v) is 7.81. The first-order chi connectivity index (χ1) is 8.52. The molecule has 0 aliphatic rings. The van der Waals surface area contributed by atoms with E-state index in [4.69, 9.17) is 4.74 Å². The number of benzene rings is 1. The number of halogens is 3. The van der Waals surface area contributed by atoms with E-state index in [2.05, 4.69) is 31.9 Å². The lowest BCUT2D eigenvalue weighted by Crippen LogP contribution is -2.35. The van der Waals surface area contributed by atoms with Crippen molar-refractivity contribution in [2.75, 3.05) is 13.4 Å². The maximum atomic E-state index is 13.5. The number of rotatable bonds is 4. The Morgan fingerprint density at radius 2 is 1.89 bits per heavy atom. The van der Waals surface area contributed by atoms with Gasteiger partial charge in [0.2, 0.25) is 0 Å². The fourth-order valence-corrected chi connectivity index (χ4v) is 3.72. The molecule has 1 rings (SSSR count). The molecule has 0 bridgehead atoms. The number of alkyl halides is 1. The normalized spacial score (nSPS) is 14.3. The lowest BCUT2D eigenvalue weighted by molar-refractivity contribution is 0.403. The van der Waals surface area contributed by atoms with Crippen LogP contribution in [0.1, 0.15) is 24.2 Å². The summed E-state index contributed by atoms with van der Waals surface area (Å²) in [5.41, 5.74) is 0.575. The van der Waals surface area contributed by atoms with Crippen molar-refractivity contribution >= 4 is 41.7 Å². The molecule has 0 aliphatic carbocycles. The van der Waals surface area contributed by atoms with Crippen molar-refractivity contribution < 1.29 is 17.5 Å². The molecule has 0 saturated carbocycles. The van der Waals surface area contributed by atoms with Crippen LogP contribution in [0.25, 0.3) is 0 Å². The third-order valence-electron chi connectivity index (χ3n) is 3.11. The van der Waals surface area contributed by atoms with E-state index in [1.54, 1.807) is 13.8 Å². The van der Waals surface area contributed by atoms with Crippen molar-refractivity contribution in [2.24, 2.45) is 0 Å². The van der Waals surface area contributed by atoms with Crippen molar-refractivity contribution in [3.8, 4) is 5.75 Å². The van der Waals surface area contributed by atoms with E-state index in [-0.39, 0.29) is 4.47 Å². The highest BCUT2D eigenvalue weighted by atomic mass is 79.9. The largest absolute Gasteiger partial charge is 0.496 e. The van der Waals surface area contributed by atoms with E-state index in [1.165, 1.54) is 25.5 Å². The van der Waals surface area contributed by atoms with Crippen LogP contribution < -0.4 is 4.74 Å². The van der Waals surface area contributed by atoms with Crippen molar-refractivity contribution in [1.82, 2.24) is 0 Å². The topological polar surface area (TPSA) is 43.4 Å². The number of sulfone groups is 1. The van der Waals surface area contributed by atoms with Gasteiger partial charge in [0, 0.05) is 17.9 Å². The van der Waals surface area contributed by atoms with E-state index in [9.17, 15) is 12.8 Å². The summed E-state index contributed by atoms with van der Waals surface area (Å²) < 4.78 is 41.5. The van der Waals surface area contributed by atoms with Crippen LogP contribution in [-0.4, -0.2) is 26.5 Å². The predicted octanol–water partition coefficient (Wildman–Crippen LogP) is 3.86. The summed E-state index contributed by atoms with van der Waals surface area (Å²) in [6.07, 6.45) is 1.17. The van der Waals surface area contributed by atoms with Crippen LogP contribution in [0.4, 0.5) is 4.39 Å². The zero-order valence-corrected chi connectivity index (χ0v) is 15.0. The zero-order valence-electron chi connectivity index (χ0n) is 11.0. The molecular weight excluding hydrogens is 403 g/mol. The van der Waals surface area contributed by atoms with E-state index in [0.29, 0.717) is 11.3 Å². The number of hydrogen-bond donors (Lipinski definition) is 0. The average molecular weight is 418 g/mol. The SMILES string of the molecule is COc1cc(F)c(Br)cc1C(Br)C(C)(C)S(C)(=O)=O. The van der Waals surface area contributed by atoms with E-state index < -0.39 is 25.2 Å². The predicted molar refractivity (Wildman–Crippen MR) is 81.2 cm³/mol. The minimum atomic E-state index is -3.31. The summed E-state index contributed by atoms with van der Waals surface area (Å²) in [5, 5.41) is 0. The van der Waals surface area contributed by atoms with Crippen molar-refractivity contribution in [1.29, 1.82) is 0 Å². The van der Waals surface area contributed by atoms with Gasteiger partial charge >= 0.3 is 0 Å². The van der Waals surface area contributed by atoms with Gasteiger partial charge in [0.1, 0.15) is 11.6 Å². The van der Waals surface area contributed by atoms with Gasteiger partial charge in [-0.2, -0.15) is 0 Å².